The number of hydrogen-bond acceptors (Lipinski definition) is 2. The molecule has 0 heterocycles. The molecule has 4 aliphatic carbocycles. The third-order valence-electron chi connectivity index (χ3n) is 10.0. The molecule has 7 unspecified atom stereocenters. The Hall–Kier alpha value is 0.780. The minimum Gasteiger partial charge on any atom is -0.302 e. The molecular formula is C28H49IOS. The van der Waals surface area contributed by atoms with Crippen molar-refractivity contribution in [1.82, 2.24) is 0 Å². The monoisotopic (exact) mass is 560 g/mol. The first kappa shape index (κ1) is 26.4. The van der Waals surface area contributed by atoms with E-state index >= 15 is 0 Å². The Morgan fingerprint density at radius 3 is 2.55 bits per heavy atom. The molecule has 180 valence electrons. The van der Waals surface area contributed by atoms with Gasteiger partial charge in [-0.15, -0.1) is 0 Å². The van der Waals surface area contributed by atoms with Crippen LogP contribution in [-0.4, -0.2) is 6.10 Å². The third kappa shape index (κ3) is 5.39. The van der Waals surface area contributed by atoms with Crippen molar-refractivity contribution >= 4 is 30.4 Å². The van der Waals surface area contributed by atoms with Gasteiger partial charge in [0.25, 0.3) is 0 Å². The standard InChI is InChI=1S/C26H43IOS.C2H6/c1-18(2)7-5-6-8-19-10-12-23-22-11-9-20-17-21(28-29-27)13-15-26(20,4)24(22)14-16-25(19,23)3;1-2/h9,18-19,21-24H,5-8,10-17H2,1-4H3;1-2H3. The molecule has 3 saturated carbocycles. The molecule has 0 radical (unpaired) electrons. The van der Waals surface area contributed by atoms with E-state index in [0.717, 1.165) is 29.6 Å². The first-order valence-corrected chi connectivity index (χ1v) is 16.8. The average molecular weight is 561 g/mol. The van der Waals surface area contributed by atoms with E-state index in [9.17, 15) is 0 Å². The van der Waals surface area contributed by atoms with Crippen molar-refractivity contribution in [3.8, 4) is 0 Å². The van der Waals surface area contributed by atoms with Crippen LogP contribution in [0.1, 0.15) is 119 Å². The molecule has 0 aromatic heterocycles. The fraction of sp³-hybridized carbons (Fsp3) is 0.929. The fourth-order valence-corrected chi connectivity index (χ4v) is 9.44. The van der Waals surface area contributed by atoms with Crippen molar-refractivity contribution < 1.29 is 4.18 Å². The van der Waals surface area contributed by atoms with Crippen LogP contribution in [-0.2, 0) is 4.18 Å². The maximum atomic E-state index is 5.94. The summed E-state index contributed by atoms with van der Waals surface area (Å²) in [5.74, 6) is 4.76. The van der Waals surface area contributed by atoms with Gasteiger partial charge < -0.3 is 4.18 Å². The Bertz CT molecular complexity index is 604. The van der Waals surface area contributed by atoms with Gasteiger partial charge in [-0.05, 0) is 98.2 Å². The Morgan fingerprint density at radius 1 is 1.06 bits per heavy atom. The van der Waals surface area contributed by atoms with E-state index in [-0.39, 0.29) is 0 Å². The highest BCUT2D eigenvalue weighted by Gasteiger charge is 2.58. The number of rotatable bonds is 7. The zero-order valence-electron chi connectivity index (χ0n) is 21.2. The summed E-state index contributed by atoms with van der Waals surface area (Å²) in [6.07, 6.45) is 20.2. The molecule has 0 saturated heterocycles. The molecule has 7 atom stereocenters. The molecule has 4 rings (SSSR count). The molecule has 31 heavy (non-hydrogen) atoms. The van der Waals surface area contributed by atoms with Crippen LogP contribution >= 0.6 is 30.4 Å². The van der Waals surface area contributed by atoms with Crippen LogP contribution in [0, 0.1) is 40.4 Å². The molecule has 4 aliphatic rings. The average Bonchev–Trinajstić information content (AvgIpc) is 3.09. The smallest absolute Gasteiger partial charge is 0.0769 e. The van der Waals surface area contributed by atoms with Gasteiger partial charge >= 0.3 is 0 Å². The summed E-state index contributed by atoms with van der Waals surface area (Å²) in [5, 5.41) is 0. The lowest BCUT2D eigenvalue weighted by Crippen LogP contribution is -2.50. The summed E-state index contributed by atoms with van der Waals surface area (Å²) in [4.78, 5) is 0. The molecule has 0 amide bonds. The molecule has 1 nitrogen and oxygen atoms in total. The number of halogens is 1. The van der Waals surface area contributed by atoms with E-state index in [1.54, 1.807) is 5.57 Å². The summed E-state index contributed by atoms with van der Waals surface area (Å²) in [6.45, 7) is 14.1. The van der Waals surface area contributed by atoms with E-state index < -0.39 is 0 Å². The second kappa shape index (κ2) is 11.5. The lowest BCUT2D eigenvalue weighted by atomic mass is 9.47. The van der Waals surface area contributed by atoms with Crippen molar-refractivity contribution in [2.24, 2.45) is 40.4 Å². The lowest BCUT2D eigenvalue weighted by Gasteiger charge is -2.58. The molecule has 0 bridgehead atoms. The number of fused-ring (bicyclic) bond motifs is 5. The predicted octanol–water partition coefficient (Wildman–Crippen LogP) is 10.2. The van der Waals surface area contributed by atoms with Crippen molar-refractivity contribution in [3.63, 3.8) is 0 Å². The Morgan fingerprint density at radius 2 is 1.84 bits per heavy atom. The topological polar surface area (TPSA) is 9.23 Å². The quantitative estimate of drug-likeness (QED) is 0.133. The molecule has 0 aliphatic heterocycles. The number of allylic oxidation sites excluding steroid dienone is 1. The van der Waals surface area contributed by atoms with Crippen LogP contribution in [0.15, 0.2) is 11.6 Å². The van der Waals surface area contributed by atoms with E-state index in [1.165, 1.54) is 86.3 Å². The van der Waals surface area contributed by atoms with E-state index in [0.29, 0.717) is 16.9 Å². The van der Waals surface area contributed by atoms with Crippen molar-refractivity contribution in [2.45, 2.75) is 125 Å². The molecule has 0 N–H and O–H groups in total. The van der Waals surface area contributed by atoms with E-state index in [4.69, 9.17) is 4.18 Å². The Labute approximate surface area is 210 Å². The summed E-state index contributed by atoms with van der Waals surface area (Å²) in [7, 11) is 1.53. The fourth-order valence-electron chi connectivity index (χ4n) is 8.29. The maximum Gasteiger partial charge on any atom is 0.0769 e. The van der Waals surface area contributed by atoms with Crippen LogP contribution < -0.4 is 0 Å². The van der Waals surface area contributed by atoms with Crippen molar-refractivity contribution in [3.05, 3.63) is 11.6 Å². The third-order valence-corrected chi connectivity index (χ3v) is 11.0. The van der Waals surface area contributed by atoms with Gasteiger partial charge in [0.15, 0.2) is 0 Å². The Balaban J connectivity index is 0.00000132. The number of hydrogen-bond donors (Lipinski definition) is 0. The van der Waals surface area contributed by atoms with E-state index in [1.807, 2.05) is 13.8 Å². The zero-order chi connectivity index (χ0) is 22.6. The predicted molar refractivity (Wildman–Crippen MR) is 146 cm³/mol. The molecule has 3 heteroatoms. The Kier molecular flexibility index (Phi) is 9.76. The largest absolute Gasteiger partial charge is 0.302 e. The molecular weight excluding hydrogens is 511 g/mol. The first-order chi connectivity index (χ1) is 14.9. The van der Waals surface area contributed by atoms with Crippen molar-refractivity contribution in [1.29, 1.82) is 0 Å². The molecule has 0 spiro atoms. The van der Waals surface area contributed by atoms with Crippen LogP contribution in [0.3, 0.4) is 0 Å². The second-order valence-electron chi connectivity index (χ2n) is 11.8. The van der Waals surface area contributed by atoms with Gasteiger partial charge in [-0.25, -0.2) is 0 Å². The highest BCUT2D eigenvalue weighted by atomic mass is 127. The first-order valence-electron chi connectivity index (χ1n) is 13.5. The number of unbranched alkanes of at least 4 members (excludes halogenated alkanes) is 1. The van der Waals surface area contributed by atoms with Gasteiger partial charge in [0.05, 0.1) is 15.3 Å². The van der Waals surface area contributed by atoms with Gasteiger partial charge in [0.1, 0.15) is 0 Å². The SMILES string of the molecule is CC.CC(C)CCCCC1CCC2C3CC=C4CC(OSI)CCC4(C)C3CCC12C. The van der Waals surface area contributed by atoms with Crippen LogP contribution in [0.25, 0.3) is 0 Å². The zero-order valence-corrected chi connectivity index (χ0v) is 24.2. The van der Waals surface area contributed by atoms with Crippen LogP contribution in [0.5, 0.6) is 0 Å². The van der Waals surface area contributed by atoms with Gasteiger partial charge in [-0.3, -0.25) is 0 Å². The highest BCUT2D eigenvalue weighted by Crippen LogP contribution is 2.66. The lowest BCUT2D eigenvalue weighted by molar-refractivity contribution is -0.0483. The van der Waals surface area contributed by atoms with Crippen LogP contribution in [0.2, 0.25) is 0 Å². The normalized spacial score (nSPS) is 41.5. The minimum absolute atomic E-state index is 0.448. The van der Waals surface area contributed by atoms with Gasteiger partial charge in [0.2, 0.25) is 0 Å². The maximum absolute atomic E-state index is 5.94. The minimum atomic E-state index is 0.448. The summed E-state index contributed by atoms with van der Waals surface area (Å²) in [6, 6.07) is 0. The summed E-state index contributed by atoms with van der Waals surface area (Å²) < 4.78 is 5.94. The second-order valence-corrected chi connectivity index (χ2v) is 13.2. The summed E-state index contributed by atoms with van der Waals surface area (Å²) >= 11 is 2.28. The van der Waals surface area contributed by atoms with Gasteiger partial charge in [0, 0.05) is 21.2 Å². The molecule has 3 fully saturated rings. The highest BCUT2D eigenvalue weighted by molar-refractivity contribution is 14.2. The van der Waals surface area contributed by atoms with E-state index in [2.05, 4.69) is 55.0 Å². The van der Waals surface area contributed by atoms with Gasteiger partial charge in [-0.1, -0.05) is 72.5 Å². The molecule has 0 aromatic rings. The molecule has 0 aromatic carbocycles. The van der Waals surface area contributed by atoms with Gasteiger partial charge in [-0.2, -0.15) is 0 Å². The summed E-state index contributed by atoms with van der Waals surface area (Å²) in [5.41, 5.74) is 2.86. The van der Waals surface area contributed by atoms with Crippen LogP contribution in [0.4, 0.5) is 0 Å². The van der Waals surface area contributed by atoms with Crippen molar-refractivity contribution in [2.75, 3.05) is 0 Å².